The topological polar surface area (TPSA) is 66.0 Å². The molecule has 5 heteroatoms. The second-order valence-electron chi connectivity index (χ2n) is 3.50. The van der Waals surface area contributed by atoms with Crippen LogP contribution in [-0.4, -0.2) is 26.8 Å². The Kier molecular flexibility index (Phi) is 3.49. The highest BCUT2D eigenvalue weighted by Crippen LogP contribution is 2.21. The molecule has 1 aromatic carbocycles. The van der Waals surface area contributed by atoms with Gasteiger partial charge in [0.05, 0.1) is 16.6 Å². The van der Waals surface area contributed by atoms with Crippen LogP contribution in [0.5, 0.6) is 0 Å². The minimum Gasteiger partial charge on any atom is -0.478 e. The Hall–Kier alpha value is -1.75. The molecule has 0 unspecified atom stereocenters. The van der Waals surface area contributed by atoms with E-state index < -0.39 is 5.97 Å². The second-order valence-corrected chi connectivity index (χ2v) is 4.59. The molecule has 0 aliphatic heterocycles. The Labute approximate surface area is 103 Å². The molecule has 1 heterocycles. The lowest BCUT2D eigenvalue weighted by Crippen LogP contribution is -1.94. The third kappa shape index (κ3) is 2.68. The van der Waals surface area contributed by atoms with Crippen molar-refractivity contribution in [2.75, 3.05) is 5.75 Å². The zero-order chi connectivity index (χ0) is 12.3. The maximum Gasteiger partial charge on any atom is 0.335 e. The van der Waals surface area contributed by atoms with Crippen LogP contribution in [0.25, 0.3) is 11.0 Å². The lowest BCUT2D eigenvalue weighted by Gasteiger charge is -1.92. The molecule has 2 N–H and O–H groups in total. The van der Waals surface area contributed by atoms with Crippen LogP contribution in [0.3, 0.4) is 0 Å². The Bertz CT molecular complexity index is 563. The number of allylic oxidation sites excluding steroid dienone is 1. The molecule has 0 aliphatic rings. The highest BCUT2D eigenvalue weighted by atomic mass is 32.2. The summed E-state index contributed by atoms with van der Waals surface area (Å²) in [7, 11) is 0. The molecule has 0 bridgehead atoms. The molecule has 2 rings (SSSR count). The number of nitrogens with zero attached hydrogens (tertiary/aromatic N) is 1. The van der Waals surface area contributed by atoms with Gasteiger partial charge in [0.2, 0.25) is 0 Å². The molecule has 0 aliphatic carbocycles. The summed E-state index contributed by atoms with van der Waals surface area (Å²) in [5, 5.41) is 9.68. The Balaban J connectivity index is 2.24. The van der Waals surface area contributed by atoms with E-state index in [0.29, 0.717) is 0 Å². The first-order chi connectivity index (χ1) is 8.20. The fourth-order valence-electron chi connectivity index (χ4n) is 1.43. The lowest BCUT2D eigenvalue weighted by atomic mass is 10.2. The zero-order valence-corrected chi connectivity index (χ0v) is 9.96. The average molecular weight is 248 g/mol. The molecule has 0 fully saturated rings. The number of thioether (sulfide) groups is 1. The van der Waals surface area contributed by atoms with Gasteiger partial charge in [-0.25, -0.2) is 9.78 Å². The van der Waals surface area contributed by atoms with E-state index in [0.717, 1.165) is 28.4 Å². The fraction of sp³-hybridized carbons (Fsp3) is 0.167. The first-order valence-corrected chi connectivity index (χ1v) is 6.16. The third-order valence-corrected chi connectivity index (χ3v) is 3.17. The van der Waals surface area contributed by atoms with Crippen molar-refractivity contribution in [3.63, 3.8) is 0 Å². The molecular weight excluding hydrogens is 236 g/mol. The molecule has 0 amide bonds. The van der Waals surface area contributed by atoms with E-state index in [1.165, 1.54) is 0 Å². The standard InChI is InChI=1S/C12H12N2O2S/c1-2-3-6-17-12-13-9-5-4-8(11(15)16)7-10(9)14-12/h2,4-5,7H,1,3,6H2,(H,13,14)(H,15,16). The summed E-state index contributed by atoms with van der Waals surface area (Å²) >= 11 is 1.60. The third-order valence-electron chi connectivity index (χ3n) is 2.27. The molecule has 1 aromatic heterocycles. The first kappa shape index (κ1) is 11.7. The number of hydrogen-bond donors (Lipinski definition) is 2. The van der Waals surface area contributed by atoms with Crippen LogP contribution in [0, 0.1) is 0 Å². The number of nitrogens with one attached hydrogen (secondary N) is 1. The second kappa shape index (κ2) is 5.05. The summed E-state index contributed by atoms with van der Waals surface area (Å²) in [6.07, 6.45) is 2.78. The van der Waals surface area contributed by atoms with E-state index in [4.69, 9.17) is 5.11 Å². The summed E-state index contributed by atoms with van der Waals surface area (Å²) in [4.78, 5) is 18.3. The zero-order valence-electron chi connectivity index (χ0n) is 9.14. The Morgan fingerprint density at radius 3 is 3.12 bits per heavy atom. The van der Waals surface area contributed by atoms with Crippen molar-refractivity contribution in [1.29, 1.82) is 0 Å². The molecule has 0 radical (unpaired) electrons. The number of aromatic carboxylic acids is 1. The van der Waals surface area contributed by atoms with Crippen molar-refractivity contribution in [1.82, 2.24) is 9.97 Å². The highest BCUT2D eigenvalue weighted by Gasteiger charge is 2.07. The molecule has 88 valence electrons. The number of H-pyrrole nitrogens is 1. The monoisotopic (exact) mass is 248 g/mol. The lowest BCUT2D eigenvalue weighted by molar-refractivity contribution is 0.0697. The number of hydrogen-bond acceptors (Lipinski definition) is 3. The molecule has 0 spiro atoms. The number of aromatic nitrogens is 2. The van der Waals surface area contributed by atoms with Crippen LogP contribution in [0.4, 0.5) is 0 Å². The van der Waals surface area contributed by atoms with E-state index >= 15 is 0 Å². The summed E-state index contributed by atoms with van der Waals surface area (Å²) in [6, 6.07) is 4.87. The summed E-state index contributed by atoms with van der Waals surface area (Å²) < 4.78 is 0. The smallest absolute Gasteiger partial charge is 0.335 e. The van der Waals surface area contributed by atoms with E-state index in [1.54, 1.807) is 30.0 Å². The van der Waals surface area contributed by atoms with Crippen LogP contribution in [0.15, 0.2) is 36.0 Å². The highest BCUT2D eigenvalue weighted by molar-refractivity contribution is 7.99. The summed E-state index contributed by atoms with van der Waals surface area (Å²) in [5.41, 5.74) is 1.81. The van der Waals surface area contributed by atoms with Crippen LogP contribution in [-0.2, 0) is 0 Å². The van der Waals surface area contributed by atoms with Crippen LogP contribution in [0.1, 0.15) is 16.8 Å². The van der Waals surface area contributed by atoms with Gasteiger partial charge in [-0.2, -0.15) is 0 Å². The van der Waals surface area contributed by atoms with Crippen molar-refractivity contribution >= 4 is 28.8 Å². The number of rotatable bonds is 5. The van der Waals surface area contributed by atoms with Gasteiger partial charge in [-0.3, -0.25) is 0 Å². The number of imidazole rings is 1. The van der Waals surface area contributed by atoms with Crippen molar-refractivity contribution in [3.8, 4) is 0 Å². The van der Waals surface area contributed by atoms with Crippen molar-refractivity contribution < 1.29 is 9.90 Å². The average Bonchev–Trinajstić information content (AvgIpc) is 2.70. The molecule has 2 aromatic rings. The minimum absolute atomic E-state index is 0.267. The van der Waals surface area contributed by atoms with Crippen LogP contribution < -0.4 is 0 Å². The summed E-state index contributed by atoms with van der Waals surface area (Å²) in [6.45, 7) is 3.66. The first-order valence-electron chi connectivity index (χ1n) is 5.17. The van der Waals surface area contributed by atoms with Gasteiger partial charge < -0.3 is 10.1 Å². The number of aromatic amines is 1. The van der Waals surface area contributed by atoms with E-state index in [9.17, 15) is 4.79 Å². The molecule has 4 nitrogen and oxygen atoms in total. The molecule has 0 saturated heterocycles. The minimum atomic E-state index is -0.928. The van der Waals surface area contributed by atoms with Gasteiger partial charge in [-0.1, -0.05) is 17.8 Å². The normalized spacial score (nSPS) is 10.6. The van der Waals surface area contributed by atoms with Gasteiger partial charge in [0.15, 0.2) is 5.16 Å². The van der Waals surface area contributed by atoms with Gasteiger partial charge in [0, 0.05) is 5.75 Å². The van der Waals surface area contributed by atoms with Gasteiger partial charge in [0.25, 0.3) is 0 Å². The number of fused-ring (bicyclic) bond motifs is 1. The van der Waals surface area contributed by atoms with Gasteiger partial charge in [-0.15, -0.1) is 6.58 Å². The van der Waals surface area contributed by atoms with Crippen molar-refractivity contribution in [2.24, 2.45) is 0 Å². The largest absolute Gasteiger partial charge is 0.478 e. The van der Waals surface area contributed by atoms with Crippen LogP contribution >= 0.6 is 11.8 Å². The molecular formula is C12H12N2O2S. The van der Waals surface area contributed by atoms with Crippen LogP contribution in [0.2, 0.25) is 0 Å². The van der Waals surface area contributed by atoms with Crippen molar-refractivity contribution in [3.05, 3.63) is 36.4 Å². The maximum atomic E-state index is 10.8. The molecule has 17 heavy (non-hydrogen) atoms. The van der Waals surface area contributed by atoms with E-state index in [2.05, 4.69) is 16.5 Å². The SMILES string of the molecule is C=CCCSc1nc2ccc(C(=O)O)cc2[nH]1. The van der Waals surface area contributed by atoms with Gasteiger partial charge in [-0.05, 0) is 24.6 Å². The maximum absolute atomic E-state index is 10.8. The quantitative estimate of drug-likeness (QED) is 0.485. The summed E-state index contributed by atoms with van der Waals surface area (Å²) in [5.74, 6) is -0.0166. The Morgan fingerprint density at radius 1 is 1.59 bits per heavy atom. The number of benzene rings is 1. The predicted octanol–water partition coefficient (Wildman–Crippen LogP) is 2.93. The Morgan fingerprint density at radius 2 is 2.41 bits per heavy atom. The van der Waals surface area contributed by atoms with E-state index in [-0.39, 0.29) is 5.56 Å². The number of carboxylic acids is 1. The molecule has 0 atom stereocenters. The fourth-order valence-corrected chi connectivity index (χ4v) is 2.25. The predicted molar refractivity (Wildman–Crippen MR) is 68.6 cm³/mol. The number of carbonyl (C=O) groups is 1. The van der Waals surface area contributed by atoms with Gasteiger partial charge >= 0.3 is 5.97 Å². The van der Waals surface area contributed by atoms with Gasteiger partial charge in [0.1, 0.15) is 0 Å². The number of carboxylic acid groups (broad SMARTS) is 1. The van der Waals surface area contributed by atoms with E-state index in [1.807, 2.05) is 6.08 Å². The van der Waals surface area contributed by atoms with Crippen molar-refractivity contribution in [2.45, 2.75) is 11.6 Å². The molecule has 0 saturated carbocycles.